The first-order valence-corrected chi connectivity index (χ1v) is 9.09. The maximum absolute atomic E-state index is 12.8. The van der Waals surface area contributed by atoms with Crippen LogP contribution in [0.2, 0.25) is 0 Å². The van der Waals surface area contributed by atoms with Gasteiger partial charge >= 0.3 is 5.97 Å². The van der Waals surface area contributed by atoms with Crippen molar-refractivity contribution in [2.45, 2.75) is 47.0 Å². The van der Waals surface area contributed by atoms with E-state index in [-0.39, 0.29) is 5.91 Å². The molecule has 0 aliphatic heterocycles. The predicted octanol–water partition coefficient (Wildman–Crippen LogP) is 3.10. The third kappa shape index (κ3) is 3.76. The van der Waals surface area contributed by atoms with Gasteiger partial charge in [0.15, 0.2) is 0 Å². The summed E-state index contributed by atoms with van der Waals surface area (Å²) in [5.74, 6) is -3.34. The Bertz CT molecular complexity index is 763. The Morgan fingerprint density at radius 2 is 1.72 bits per heavy atom. The number of anilines is 1. The van der Waals surface area contributed by atoms with Gasteiger partial charge < -0.3 is 16.2 Å². The number of carboxylic acid groups (broad SMARTS) is 1. The second-order valence-electron chi connectivity index (χ2n) is 6.57. The molecule has 2 rings (SSSR count). The Labute approximate surface area is 151 Å². The molecule has 2 atom stereocenters. The Balaban J connectivity index is 2.33. The van der Waals surface area contributed by atoms with Gasteiger partial charge in [0, 0.05) is 4.88 Å². The van der Waals surface area contributed by atoms with Crippen LogP contribution in [0.1, 0.15) is 54.4 Å². The molecule has 7 heteroatoms. The smallest absolute Gasteiger partial charge is 0.307 e. The molecule has 1 aromatic rings. The lowest BCUT2D eigenvalue weighted by molar-refractivity contribution is -0.146. The fourth-order valence-electron chi connectivity index (χ4n) is 3.39. The van der Waals surface area contributed by atoms with Gasteiger partial charge in [-0.1, -0.05) is 18.1 Å². The summed E-state index contributed by atoms with van der Waals surface area (Å²) in [5, 5.41) is 12.7. The van der Waals surface area contributed by atoms with Crippen LogP contribution in [-0.2, 0) is 16.0 Å². The zero-order chi connectivity index (χ0) is 18.9. The van der Waals surface area contributed by atoms with Gasteiger partial charge in [0.05, 0.1) is 17.4 Å². The van der Waals surface area contributed by atoms with E-state index in [9.17, 15) is 19.5 Å². The van der Waals surface area contributed by atoms with Crippen LogP contribution in [0.4, 0.5) is 5.00 Å². The van der Waals surface area contributed by atoms with Crippen molar-refractivity contribution in [2.24, 2.45) is 17.6 Å². The first-order chi connectivity index (χ1) is 11.7. The molecule has 0 radical (unpaired) electrons. The highest BCUT2D eigenvalue weighted by molar-refractivity contribution is 7.16. The summed E-state index contributed by atoms with van der Waals surface area (Å²) in [6.45, 7) is 7.63. The maximum Gasteiger partial charge on any atom is 0.307 e. The molecule has 0 spiro atoms. The molecule has 2 amide bonds. The minimum Gasteiger partial charge on any atom is -0.481 e. The van der Waals surface area contributed by atoms with Gasteiger partial charge in [0.1, 0.15) is 5.00 Å². The fourth-order valence-corrected chi connectivity index (χ4v) is 4.54. The minimum absolute atomic E-state index is 0.337. The maximum atomic E-state index is 12.8. The monoisotopic (exact) mass is 364 g/mol. The van der Waals surface area contributed by atoms with Crippen LogP contribution < -0.4 is 11.1 Å². The number of thiophene rings is 1. The van der Waals surface area contributed by atoms with Gasteiger partial charge in [0.25, 0.3) is 5.91 Å². The SMILES string of the molecule is CCc1c(C)sc(NC(=O)[C@@H]2CC(C)=C(C)C[C@@H]2C(=O)O)c1C(N)=O. The van der Waals surface area contributed by atoms with Crippen molar-refractivity contribution in [1.82, 2.24) is 0 Å². The van der Waals surface area contributed by atoms with Crippen molar-refractivity contribution in [2.75, 3.05) is 5.32 Å². The number of amides is 2. The Kier molecular flexibility index (Phi) is 5.67. The molecular formula is C18H24N2O4S. The molecule has 1 aliphatic rings. The molecule has 1 aromatic heterocycles. The molecule has 1 heterocycles. The molecule has 6 nitrogen and oxygen atoms in total. The van der Waals surface area contributed by atoms with E-state index in [1.807, 2.05) is 27.7 Å². The largest absolute Gasteiger partial charge is 0.481 e. The molecule has 0 fully saturated rings. The van der Waals surface area contributed by atoms with Gasteiger partial charge in [-0.2, -0.15) is 0 Å². The molecular weight excluding hydrogens is 340 g/mol. The number of hydrogen-bond acceptors (Lipinski definition) is 4. The number of nitrogens with two attached hydrogens (primary N) is 1. The minimum atomic E-state index is -0.973. The molecule has 0 unspecified atom stereocenters. The Hall–Kier alpha value is -2.15. The number of allylic oxidation sites excluding steroid dienone is 2. The van der Waals surface area contributed by atoms with E-state index >= 15 is 0 Å². The van der Waals surface area contributed by atoms with Crippen LogP contribution in [0.25, 0.3) is 0 Å². The summed E-state index contributed by atoms with van der Waals surface area (Å²) >= 11 is 1.30. The summed E-state index contributed by atoms with van der Waals surface area (Å²) in [7, 11) is 0. The van der Waals surface area contributed by atoms with E-state index in [2.05, 4.69) is 5.32 Å². The number of hydrogen-bond donors (Lipinski definition) is 3. The van der Waals surface area contributed by atoms with E-state index in [0.717, 1.165) is 21.6 Å². The molecule has 0 bridgehead atoms. The van der Waals surface area contributed by atoms with Crippen LogP contribution in [0.3, 0.4) is 0 Å². The standard InChI is InChI=1S/C18H24N2O4S/c1-5-11-10(4)25-17(14(11)15(19)21)20-16(22)12-6-8(2)9(3)7-13(12)18(23)24/h12-13H,5-7H2,1-4H3,(H2,19,21)(H,20,22)(H,23,24)/t12-,13+/m1/s1. The van der Waals surface area contributed by atoms with Crippen LogP contribution in [-0.4, -0.2) is 22.9 Å². The highest BCUT2D eigenvalue weighted by Gasteiger charge is 2.38. The summed E-state index contributed by atoms with van der Waals surface area (Å²) in [5.41, 5.74) is 8.73. The topological polar surface area (TPSA) is 109 Å². The molecule has 0 saturated carbocycles. The number of rotatable bonds is 5. The number of nitrogens with one attached hydrogen (secondary N) is 1. The van der Waals surface area contributed by atoms with Crippen LogP contribution in [0.15, 0.2) is 11.1 Å². The average molecular weight is 364 g/mol. The lowest BCUT2D eigenvalue weighted by Gasteiger charge is -2.29. The zero-order valence-corrected chi connectivity index (χ0v) is 15.8. The predicted molar refractivity (Wildman–Crippen MR) is 97.8 cm³/mol. The van der Waals surface area contributed by atoms with Gasteiger partial charge in [-0.05, 0) is 45.6 Å². The molecule has 1 aliphatic carbocycles. The second kappa shape index (κ2) is 7.39. The number of aliphatic carboxylic acids is 1. The van der Waals surface area contributed by atoms with Crippen LogP contribution >= 0.6 is 11.3 Å². The van der Waals surface area contributed by atoms with E-state index in [1.165, 1.54) is 11.3 Å². The van der Waals surface area contributed by atoms with Crippen LogP contribution in [0.5, 0.6) is 0 Å². The van der Waals surface area contributed by atoms with Gasteiger partial charge in [-0.25, -0.2) is 0 Å². The van der Waals surface area contributed by atoms with Crippen molar-refractivity contribution >= 4 is 34.1 Å². The Morgan fingerprint density at radius 1 is 1.16 bits per heavy atom. The molecule has 25 heavy (non-hydrogen) atoms. The third-order valence-electron chi connectivity index (χ3n) is 4.97. The number of primary amides is 1. The average Bonchev–Trinajstić information content (AvgIpc) is 2.84. The lowest BCUT2D eigenvalue weighted by Crippen LogP contribution is -2.36. The Morgan fingerprint density at radius 3 is 2.20 bits per heavy atom. The summed E-state index contributed by atoms with van der Waals surface area (Å²) in [6, 6.07) is 0. The number of aryl methyl sites for hydroxylation is 1. The highest BCUT2D eigenvalue weighted by Crippen LogP contribution is 2.37. The summed E-state index contributed by atoms with van der Waals surface area (Å²) in [4.78, 5) is 37.1. The van der Waals surface area contributed by atoms with Gasteiger partial charge in [-0.3, -0.25) is 14.4 Å². The van der Waals surface area contributed by atoms with Gasteiger partial charge in [-0.15, -0.1) is 11.3 Å². The van der Waals surface area contributed by atoms with Crippen molar-refractivity contribution in [3.63, 3.8) is 0 Å². The molecule has 0 saturated heterocycles. The van der Waals surface area contributed by atoms with E-state index in [1.54, 1.807) is 0 Å². The van der Waals surface area contributed by atoms with Gasteiger partial charge in [0.2, 0.25) is 5.91 Å². The quantitative estimate of drug-likeness (QED) is 0.697. The third-order valence-corrected chi connectivity index (χ3v) is 6.03. The van der Waals surface area contributed by atoms with E-state index < -0.39 is 23.7 Å². The second-order valence-corrected chi connectivity index (χ2v) is 7.79. The molecule has 0 aromatic carbocycles. The number of carbonyl (C=O) groups excluding carboxylic acids is 2. The van der Waals surface area contributed by atoms with Crippen molar-refractivity contribution < 1.29 is 19.5 Å². The van der Waals surface area contributed by atoms with Crippen molar-refractivity contribution in [1.29, 1.82) is 0 Å². The first-order valence-electron chi connectivity index (χ1n) is 8.28. The normalized spacial score (nSPS) is 20.5. The van der Waals surface area contributed by atoms with Crippen molar-refractivity contribution in [3.05, 3.63) is 27.2 Å². The molecule has 136 valence electrons. The van der Waals surface area contributed by atoms with Crippen LogP contribution in [0, 0.1) is 18.8 Å². The fraction of sp³-hybridized carbons (Fsp3) is 0.500. The molecule has 4 N–H and O–H groups in total. The zero-order valence-electron chi connectivity index (χ0n) is 14.9. The number of carbonyl (C=O) groups is 3. The van der Waals surface area contributed by atoms with Crippen molar-refractivity contribution in [3.8, 4) is 0 Å². The van der Waals surface area contributed by atoms with E-state index in [0.29, 0.717) is 29.8 Å². The highest BCUT2D eigenvalue weighted by atomic mass is 32.1. The number of carboxylic acids is 1. The lowest BCUT2D eigenvalue weighted by atomic mass is 9.76. The van der Waals surface area contributed by atoms with E-state index in [4.69, 9.17) is 5.73 Å². The summed E-state index contributed by atoms with van der Waals surface area (Å²) < 4.78 is 0. The summed E-state index contributed by atoms with van der Waals surface area (Å²) in [6.07, 6.45) is 1.41. The first kappa shape index (κ1) is 19.2.